The molecule has 2 saturated carbocycles. The average molecular weight is 354 g/mol. The highest BCUT2D eigenvalue weighted by atomic mass is 16.2. The first-order chi connectivity index (χ1) is 12.8. The van der Waals surface area contributed by atoms with Crippen molar-refractivity contribution in [3.05, 3.63) is 30.4 Å². The Morgan fingerprint density at radius 1 is 1.23 bits per heavy atom. The van der Waals surface area contributed by atoms with Gasteiger partial charge >= 0.3 is 0 Å². The summed E-state index contributed by atoms with van der Waals surface area (Å²) < 4.78 is 2.03. The summed E-state index contributed by atoms with van der Waals surface area (Å²) in [6.45, 7) is 2.53. The summed E-state index contributed by atoms with van der Waals surface area (Å²) in [5.74, 6) is 4.49. The van der Waals surface area contributed by atoms with Gasteiger partial charge in [0.15, 0.2) is 5.82 Å². The van der Waals surface area contributed by atoms with Crippen LogP contribution in [0.4, 0.5) is 0 Å². The van der Waals surface area contributed by atoms with Gasteiger partial charge in [0.25, 0.3) is 0 Å². The van der Waals surface area contributed by atoms with Gasteiger partial charge in [0.05, 0.1) is 6.33 Å². The lowest BCUT2D eigenvalue weighted by Crippen LogP contribution is -2.29. The van der Waals surface area contributed by atoms with E-state index in [1.54, 1.807) is 12.5 Å². The van der Waals surface area contributed by atoms with Gasteiger partial charge in [-0.15, -0.1) is 0 Å². The van der Waals surface area contributed by atoms with Crippen molar-refractivity contribution in [2.24, 2.45) is 11.8 Å². The smallest absolute Gasteiger partial charge is 0.222 e. The molecule has 7 nitrogen and oxygen atoms in total. The second kappa shape index (κ2) is 6.52. The van der Waals surface area contributed by atoms with Crippen LogP contribution in [0.1, 0.15) is 62.0 Å². The number of rotatable bonds is 7. The van der Waals surface area contributed by atoms with E-state index in [2.05, 4.69) is 20.1 Å². The van der Waals surface area contributed by atoms with Crippen LogP contribution in [-0.4, -0.2) is 48.6 Å². The molecule has 138 valence electrons. The van der Waals surface area contributed by atoms with Crippen molar-refractivity contribution in [3.8, 4) is 0 Å². The quantitative estimate of drug-likeness (QED) is 0.827. The maximum atomic E-state index is 12.7. The van der Waals surface area contributed by atoms with Crippen molar-refractivity contribution >= 4 is 5.91 Å². The van der Waals surface area contributed by atoms with Crippen LogP contribution in [0.3, 0.4) is 0 Å². The van der Waals surface area contributed by atoms with E-state index in [4.69, 9.17) is 4.98 Å². The first kappa shape index (κ1) is 16.0. The van der Waals surface area contributed by atoms with E-state index in [0.717, 1.165) is 43.6 Å². The van der Waals surface area contributed by atoms with Crippen LogP contribution in [0.25, 0.3) is 0 Å². The van der Waals surface area contributed by atoms with Gasteiger partial charge in [-0.3, -0.25) is 9.89 Å². The second-order valence-electron chi connectivity index (χ2n) is 8.16. The molecule has 3 fully saturated rings. The monoisotopic (exact) mass is 354 g/mol. The van der Waals surface area contributed by atoms with E-state index >= 15 is 0 Å². The van der Waals surface area contributed by atoms with Gasteiger partial charge in [-0.25, -0.2) is 9.97 Å². The number of nitrogens with zero attached hydrogens (tertiary/aromatic N) is 5. The van der Waals surface area contributed by atoms with Gasteiger partial charge in [0.2, 0.25) is 5.91 Å². The van der Waals surface area contributed by atoms with Crippen molar-refractivity contribution < 1.29 is 4.79 Å². The number of imidazole rings is 1. The number of H-pyrrole nitrogens is 1. The zero-order valence-electron chi connectivity index (χ0n) is 15.0. The Morgan fingerprint density at radius 2 is 2.12 bits per heavy atom. The number of aromatic amines is 1. The van der Waals surface area contributed by atoms with Gasteiger partial charge in [0, 0.05) is 50.3 Å². The van der Waals surface area contributed by atoms with Crippen LogP contribution in [0.5, 0.6) is 0 Å². The van der Waals surface area contributed by atoms with Crippen LogP contribution in [0, 0.1) is 11.8 Å². The number of hydrogen-bond donors (Lipinski definition) is 1. The molecule has 0 spiro atoms. The van der Waals surface area contributed by atoms with Gasteiger partial charge in [0.1, 0.15) is 5.82 Å². The third-order valence-electron chi connectivity index (χ3n) is 6.13. The Hall–Kier alpha value is -2.18. The minimum Gasteiger partial charge on any atom is -0.342 e. The lowest BCUT2D eigenvalue weighted by molar-refractivity contribution is -0.130. The minimum atomic E-state index is 0.278. The van der Waals surface area contributed by atoms with Crippen molar-refractivity contribution in [2.45, 2.75) is 56.9 Å². The lowest BCUT2D eigenvalue weighted by atomic mass is 9.91. The maximum absolute atomic E-state index is 12.7. The van der Waals surface area contributed by atoms with E-state index in [-0.39, 0.29) is 5.91 Å². The summed E-state index contributed by atoms with van der Waals surface area (Å²) in [4.78, 5) is 23.6. The second-order valence-corrected chi connectivity index (χ2v) is 8.16. The molecule has 1 aliphatic heterocycles. The molecule has 5 rings (SSSR count). The number of aromatic nitrogens is 5. The predicted molar refractivity (Wildman–Crippen MR) is 95.4 cm³/mol. The van der Waals surface area contributed by atoms with Crippen LogP contribution >= 0.6 is 0 Å². The highest BCUT2D eigenvalue weighted by Crippen LogP contribution is 2.47. The molecule has 1 amide bonds. The molecule has 0 radical (unpaired) electrons. The molecule has 26 heavy (non-hydrogen) atoms. The first-order valence-corrected chi connectivity index (χ1v) is 9.93. The molecular formula is C19H26N6O. The summed E-state index contributed by atoms with van der Waals surface area (Å²) in [6.07, 6.45) is 12.0. The highest BCUT2D eigenvalue weighted by molar-refractivity contribution is 5.76. The number of likely N-dealkylation sites (tertiary alicyclic amines) is 1. The molecule has 7 heteroatoms. The molecule has 2 aromatic heterocycles. The fourth-order valence-electron chi connectivity index (χ4n) is 4.29. The number of amides is 1. The van der Waals surface area contributed by atoms with E-state index < -0.39 is 0 Å². The van der Waals surface area contributed by atoms with Crippen molar-refractivity contribution in [2.75, 3.05) is 13.1 Å². The maximum Gasteiger partial charge on any atom is 0.222 e. The summed E-state index contributed by atoms with van der Waals surface area (Å²) in [5.41, 5.74) is 0. The van der Waals surface area contributed by atoms with Gasteiger partial charge in [-0.2, -0.15) is 5.10 Å². The van der Waals surface area contributed by atoms with Gasteiger partial charge in [-0.05, 0) is 43.9 Å². The molecule has 0 unspecified atom stereocenters. The topological polar surface area (TPSA) is 79.7 Å². The number of hydrogen-bond acceptors (Lipinski definition) is 4. The van der Waals surface area contributed by atoms with Crippen LogP contribution < -0.4 is 0 Å². The zero-order chi connectivity index (χ0) is 17.5. The van der Waals surface area contributed by atoms with E-state index in [1.165, 1.54) is 25.7 Å². The van der Waals surface area contributed by atoms with Crippen molar-refractivity contribution in [1.82, 2.24) is 29.6 Å². The fourth-order valence-corrected chi connectivity index (χ4v) is 4.29. The molecule has 1 N–H and O–H groups in total. The molecule has 1 saturated heterocycles. The third kappa shape index (κ3) is 3.27. The Bertz CT molecular complexity index is 761. The SMILES string of the molecule is O=C(CCCn1ccnc1)N1C[C@H](c2nc(C3CC3)n[nH]2)[C@@H](C2CC2)C1. The largest absolute Gasteiger partial charge is 0.342 e. The molecule has 3 aliphatic rings. The van der Waals surface area contributed by atoms with E-state index in [0.29, 0.717) is 24.2 Å². The van der Waals surface area contributed by atoms with E-state index in [9.17, 15) is 4.79 Å². The zero-order valence-corrected chi connectivity index (χ0v) is 15.0. The molecule has 0 bridgehead atoms. The molecule has 2 aromatic rings. The van der Waals surface area contributed by atoms with Crippen LogP contribution in [0.15, 0.2) is 18.7 Å². The lowest BCUT2D eigenvalue weighted by Gasteiger charge is -2.16. The number of carbonyl (C=O) groups excluding carboxylic acids is 1. The van der Waals surface area contributed by atoms with Gasteiger partial charge < -0.3 is 9.47 Å². The first-order valence-electron chi connectivity index (χ1n) is 9.93. The Kier molecular flexibility index (Phi) is 4.02. The van der Waals surface area contributed by atoms with E-state index in [1.807, 2.05) is 10.8 Å². The fraction of sp³-hybridized carbons (Fsp3) is 0.684. The molecule has 3 heterocycles. The minimum absolute atomic E-state index is 0.278. The Labute approximate surface area is 153 Å². The van der Waals surface area contributed by atoms with Crippen molar-refractivity contribution in [1.29, 1.82) is 0 Å². The van der Waals surface area contributed by atoms with Gasteiger partial charge in [-0.1, -0.05) is 0 Å². The number of aryl methyl sites for hydroxylation is 1. The third-order valence-corrected chi connectivity index (χ3v) is 6.13. The molecule has 0 aromatic carbocycles. The van der Waals surface area contributed by atoms with Crippen molar-refractivity contribution in [3.63, 3.8) is 0 Å². The predicted octanol–water partition coefficient (Wildman–Crippen LogP) is 2.31. The molecule has 2 atom stereocenters. The van der Waals surface area contributed by atoms with Crippen LogP contribution in [-0.2, 0) is 11.3 Å². The Morgan fingerprint density at radius 3 is 2.85 bits per heavy atom. The highest BCUT2D eigenvalue weighted by Gasteiger charge is 2.45. The Balaban J connectivity index is 1.22. The summed E-state index contributed by atoms with van der Waals surface area (Å²) in [6, 6.07) is 0. The number of nitrogens with one attached hydrogen (secondary N) is 1. The average Bonchev–Trinajstić information content (AvgIpc) is 3.52. The molecule has 2 aliphatic carbocycles. The van der Waals surface area contributed by atoms with Crippen LogP contribution in [0.2, 0.25) is 0 Å². The molecular weight excluding hydrogens is 328 g/mol. The normalized spacial score (nSPS) is 25.8. The number of carbonyl (C=O) groups is 1. The summed E-state index contributed by atoms with van der Waals surface area (Å²) >= 11 is 0. The summed E-state index contributed by atoms with van der Waals surface area (Å²) in [7, 11) is 0. The standard InChI is InChI=1S/C19H26N6O/c26-17(2-1-8-24-9-7-20-12-24)25-10-15(13-3-4-13)16(11-25)19-21-18(22-23-19)14-5-6-14/h7,9,12-16H,1-6,8,10-11H2,(H,21,22,23)/t15-,16+/m1/s1. The summed E-state index contributed by atoms with van der Waals surface area (Å²) in [5, 5.41) is 7.63.